The SMILES string of the molecule is O=C(NCc1cc2ccccc2oc1=O)C(=O)N1CCc2ccc(F)cc2C1. The van der Waals surface area contributed by atoms with E-state index < -0.39 is 17.4 Å². The van der Waals surface area contributed by atoms with Crippen LogP contribution in [0.3, 0.4) is 0 Å². The molecule has 4 rings (SSSR count). The maximum atomic E-state index is 13.4. The van der Waals surface area contributed by atoms with E-state index in [2.05, 4.69) is 5.32 Å². The second-order valence-corrected chi connectivity index (χ2v) is 6.67. The van der Waals surface area contributed by atoms with Gasteiger partial charge in [-0.15, -0.1) is 0 Å². The Hall–Kier alpha value is -3.48. The molecule has 0 fully saturated rings. The van der Waals surface area contributed by atoms with E-state index in [0.29, 0.717) is 24.1 Å². The minimum absolute atomic E-state index is 0.114. The van der Waals surface area contributed by atoms with Gasteiger partial charge >= 0.3 is 17.4 Å². The molecule has 142 valence electrons. The van der Waals surface area contributed by atoms with Gasteiger partial charge in [-0.1, -0.05) is 24.3 Å². The minimum atomic E-state index is -0.813. The Balaban J connectivity index is 1.43. The Bertz CT molecular complexity index is 1140. The number of para-hydroxylation sites is 1. The molecule has 2 heterocycles. The van der Waals surface area contributed by atoms with Gasteiger partial charge in [0, 0.05) is 18.5 Å². The molecule has 0 saturated carbocycles. The average molecular weight is 380 g/mol. The molecular weight excluding hydrogens is 363 g/mol. The lowest BCUT2D eigenvalue weighted by atomic mass is 9.99. The standard InChI is InChI=1S/C21H17FN2O4/c22-17-6-5-13-7-8-24(12-16(13)10-17)20(26)19(25)23-11-15-9-14-3-1-2-4-18(14)28-21(15)27/h1-6,9-10H,7-8,11-12H2,(H,23,25). The largest absolute Gasteiger partial charge is 0.422 e. The number of fused-ring (bicyclic) bond motifs is 2. The highest BCUT2D eigenvalue weighted by Gasteiger charge is 2.26. The Morgan fingerprint density at radius 2 is 1.93 bits per heavy atom. The van der Waals surface area contributed by atoms with Gasteiger partial charge in [-0.2, -0.15) is 0 Å². The first-order chi connectivity index (χ1) is 13.5. The van der Waals surface area contributed by atoms with E-state index in [0.717, 1.165) is 10.9 Å². The van der Waals surface area contributed by atoms with Gasteiger partial charge in [-0.05, 0) is 41.8 Å². The smallest absolute Gasteiger partial charge is 0.341 e. The molecule has 1 aliphatic rings. The third-order valence-electron chi connectivity index (χ3n) is 4.82. The van der Waals surface area contributed by atoms with Gasteiger partial charge in [-0.3, -0.25) is 9.59 Å². The normalized spacial score (nSPS) is 13.2. The maximum absolute atomic E-state index is 13.4. The van der Waals surface area contributed by atoms with Gasteiger partial charge < -0.3 is 14.6 Å². The van der Waals surface area contributed by atoms with E-state index in [1.54, 1.807) is 30.3 Å². The summed E-state index contributed by atoms with van der Waals surface area (Å²) in [5.41, 5.74) is 1.82. The van der Waals surface area contributed by atoms with Crippen molar-refractivity contribution in [3.63, 3.8) is 0 Å². The van der Waals surface area contributed by atoms with E-state index in [9.17, 15) is 18.8 Å². The number of hydrogen-bond acceptors (Lipinski definition) is 4. The van der Waals surface area contributed by atoms with Crippen LogP contribution in [-0.4, -0.2) is 23.3 Å². The zero-order chi connectivity index (χ0) is 19.7. The average Bonchev–Trinajstić information content (AvgIpc) is 2.70. The summed E-state index contributed by atoms with van der Waals surface area (Å²) in [4.78, 5) is 38.1. The molecule has 0 unspecified atom stereocenters. The number of carbonyl (C=O) groups excluding carboxylic acids is 2. The van der Waals surface area contributed by atoms with Crippen molar-refractivity contribution < 1.29 is 18.4 Å². The van der Waals surface area contributed by atoms with Crippen molar-refractivity contribution in [1.29, 1.82) is 0 Å². The Morgan fingerprint density at radius 1 is 1.11 bits per heavy atom. The fraction of sp³-hybridized carbons (Fsp3) is 0.190. The molecule has 0 radical (unpaired) electrons. The molecule has 0 atom stereocenters. The van der Waals surface area contributed by atoms with Gasteiger partial charge in [0.15, 0.2) is 0 Å². The van der Waals surface area contributed by atoms with Crippen LogP contribution in [0.4, 0.5) is 4.39 Å². The summed E-state index contributed by atoms with van der Waals surface area (Å²) in [6.45, 7) is 0.442. The molecule has 1 N–H and O–H groups in total. The molecule has 3 aromatic rings. The quantitative estimate of drug-likeness (QED) is 0.546. The van der Waals surface area contributed by atoms with Crippen LogP contribution >= 0.6 is 0 Å². The molecule has 0 aliphatic carbocycles. The predicted molar refractivity (Wildman–Crippen MR) is 99.9 cm³/mol. The number of rotatable bonds is 2. The first kappa shape index (κ1) is 17.9. The van der Waals surface area contributed by atoms with Crippen molar-refractivity contribution >= 4 is 22.8 Å². The molecule has 0 bridgehead atoms. The lowest BCUT2D eigenvalue weighted by Gasteiger charge is -2.28. The summed E-state index contributed by atoms with van der Waals surface area (Å²) >= 11 is 0. The molecule has 0 saturated heterocycles. The summed E-state index contributed by atoms with van der Waals surface area (Å²) in [5, 5.41) is 3.20. The zero-order valence-corrected chi connectivity index (χ0v) is 14.9. The van der Waals surface area contributed by atoms with Crippen LogP contribution in [0.1, 0.15) is 16.7 Å². The van der Waals surface area contributed by atoms with E-state index in [1.165, 1.54) is 17.0 Å². The van der Waals surface area contributed by atoms with Crippen LogP contribution < -0.4 is 10.9 Å². The summed E-state index contributed by atoms with van der Waals surface area (Å²) in [6.07, 6.45) is 0.558. The molecule has 0 spiro atoms. The second-order valence-electron chi connectivity index (χ2n) is 6.67. The van der Waals surface area contributed by atoms with Crippen molar-refractivity contribution in [3.8, 4) is 0 Å². The Morgan fingerprint density at radius 3 is 2.79 bits per heavy atom. The molecule has 1 aromatic heterocycles. The monoisotopic (exact) mass is 380 g/mol. The van der Waals surface area contributed by atoms with Crippen molar-refractivity contribution in [2.45, 2.75) is 19.5 Å². The zero-order valence-electron chi connectivity index (χ0n) is 14.9. The summed E-state index contributed by atoms with van der Waals surface area (Å²) in [5.74, 6) is -1.90. The van der Waals surface area contributed by atoms with Crippen LogP contribution in [-0.2, 0) is 29.1 Å². The van der Waals surface area contributed by atoms with Crippen molar-refractivity contribution in [1.82, 2.24) is 10.2 Å². The van der Waals surface area contributed by atoms with Gasteiger partial charge in [-0.25, -0.2) is 9.18 Å². The Kier molecular flexibility index (Phi) is 4.65. The Labute approximate surface area is 159 Å². The topological polar surface area (TPSA) is 79.6 Å². The maximum Gasteiger partial charge on any atom is 0.341 e. The summed E-state index contributed by atoms with van der Waals surface area (Å²) < 4.78 is 18.6. The van der Waals surface area contributed by atoms with Gasteiger partial charge in [0.1, 0.15) is 11.4 Å². The van der Waals surface area contributed by atoms with Gasteiger partial charge in [0.2, 0.25) is 0 Å². The fourth-order valence-corrected chi connectivity index (χ4v) is 3.32. The lowest BCUT2D eigenvalue weighted by molar-refractivity contribution is -0.146. The number of nitrogens with one attached hydrogen (secondary N) is 1. The molecular formula is C21H17FN2O4. The second kappa shape index (κ2) is 7.26. The number of amides is 2. The van der Waals surface area contributed by atoms with E-state index in [1.807, 2.05) is 6.07 Å². The van der Waals surface area contributed by atoms with Crippen LogP contribution in [0.2, 0.25) is 0 Å². The van der Waals surface area contributed by atoms with Crippen molar-refractivity contribution in [2.75, 3.05) is 6.54 Å². The van der Waals surface area contributed by atoms with Gasteiger partial charge in [0.25, 0.3) is 0 Å². The minimum Gasteiger partial charge on any atom is -0.422 e. The van der Waals surface area contributed by atoms with Crippen LogP contribution in [0.15, 0.2) is 57.7 Å². The predicted octanol–water partition coefficient (Wildman–Crippen LogP) is 2.13. The third-order valence-corrected chi connectivity index (χ3v) is 4.82. The fourth-order valence-electron chi connectivity index (χ4n) is 3.32. The first-order valence-electron chi connectivity index (χ1n) is 8.87. The molecule has 7 heteroatoms. The summed E-state index contributed by atoms with van der Waals surface area (Å²) in [6, 6.07) is 13.1. The molecule has 6 nitrogen and oxygen atoms in total. The number of nitrogens with zero attached hydrogens (tertiary/aromatic N) is 1. The first-order valence-corrected chi connectivity index (χ1v) is 8.87. The highest BCUT2D eigenvalue weighted by Crippen LogP contribution is 2.20. The van der Waals surface area contributed by atoms with E-state index in [-0.39, 0.29) is 24.5 Å². The number of hydrogen-bond donors (Lipinski definition) is 1. The lowest BCUT2D eigenvalue weighted by Crippen LogP contribution is -2.45. The molecule has 2 aromatic carbocycles. The summed E-state index contributed by atoms with van der Waals surface area (Å²) in [7, 11) is 0. The van der Waals surface area contributed by atoms with E-state index in [4.69, 9.17) is 4.42 Å². The number of carbonyl (C=O) groups is 2. The van der Waals surface area contributed by atoms with Crippen LogP contribution in [0, 0.1) is 5.82 Å². The number of halogens is 1. The molecule has 28 heavy (non-hydrogen) atoms. The van der Waals surface area contributed by atoms with Crippen molar-refractivity contribution in [3.05, 3.63) is 81.5 Å². The van der Waals surface area contributed by atoms with Gasteiger partial charge in [0.05, 0.1) is 12.1 Å². The van der Waals surface area contributed by atoms with E-state index >= 15 is 0 Å². The highest BCUT2D eigenvalue weighted by molar-refractivity contribution is 6.34. The number of benzene rings is 2. The molecule has 1 aliphatic heterocycles. The van der Waals surface area contributed by atoms with Crippen LogP contribution in [0.25, 0.3) is 11.0 Å². The highest BCUT2D eigenvalue weighted by atomic mass is 19.1. The third kappa shape index (κ3) is 3.51. The molecule has 2 amide bonds. The van der Waals surface area contributed by atoms with Crippen molar-refractivity contribution in [2.24, 2.45) is 0 Å². The van der Waals surface area contributed by atoms with Crippen LogP contribution in [0.5, 0.6) is 0 Å².